The average molecular weight is 309 g/mol. The third-order valence-electron chi connectivity index (χ3n) is 6.94. The number of hydrogen-bond acceptors (Lipinski definition) is 3. The first-order valence-electron chi connectivity index (χ1n) is 9.33. The summed E-state index contributed by atoms with van der Waals surface area (Å²) < 4.78 is 6.30. The van der Waals surface area contributed by atoms with Crippen molar-refractivity contribution in [3.8, 4) is 0 Å². The molecule has 0 radical (unpaired) electrons. The number of ether oxygens (including phenoxy) is 1. The van der Waals surface area contributed by atoms with Crippen molar-refractivity contribution in [1.29, 1.82) is 0 Å². The number of hydrogen-bond donors (Lipinski definition) is 1. The second-order valence-corrected chi connectivity index (χ2v) is 9.27. The minimum Gasteiger partial charge on any atom is -0.389 e. The zero-order valence-corrected chi connectivity index (χ0v) is 15.0. The molecule has 0 spiro atoms. The molecule has 128 valence electrons. The predicted molar refractivity (Wildman–Crippen MR) is 89.8 cm³/mol. The van der Waals surface area contributed by atoms with Crippen molar-refractivity contribution >= 4 is 0 Å². The number of aliphatic hydroxyl groups excluding tert-OH is 1. The van der Waals surface area contributed by atoms with Crippen LogP contribution in [0.25, 0.3) is 0 Å². The van der Waals surface area contributed by atoms with Gasteiger partial charge in [-0.25, -0.2) is 0 Å². The van der Waals surface area contributed by atoms with Crippen molar-refractivity contribution in [3.05, 3.63) is 0 Å². The van der Waals surface area contributed by atoms with E-state index in [0.717, 1.165) is 31.5 Å². The fourth-order valence-corrected chi connectivity index (χ4v) is 5.48. The molecular formula is C19H35NO2. The SMILES string of the molecule is CC1CCN(C[C@H](O)CO[C@H]2C(C)(C)[C@H]3CC[C@@]2(C)C3)CC1. The van der Waals surface area contributed by atoms with Crippen molar-refractivity contribution in [2.24, 2.45) is 22.7 Å². The number of rotatable bonds is 5. The number of fused-ring (bicyclic) bond motifs is 2. The molecule has 1 N–H and O–H groups in total. The van der Waals surface area contributed by atoms with Crippen molar-refractivity contribution in [2.45, 2.75) is 72.0 Å². The molecule has 3 nitrogen and oxygen atoms in total. The van der Waals surface area contributed by atoms with Gasteiger partial charge in [0, 0.05) is 6.54 Å². The van der Waals surface area contributed by atoms with Crippen molar-refractivity contribution < 1.29 is 9.84 Å². The molecule has 2 aliphatic carbocycles. The van der Waals surface area contributed by atoms with Crippen LogP contribution in [-0.2, 0) is 4.74 Å². The van der Waals surface area contributed by atoms with Crippen LogP contribution in [0.15, 0.2) is 0 Å². The Morgan fingerprint density at radius 3 is 2.45 bits per heavy atom. The first-order chi connectivity index (χ1) is 10.3. The van der Waals surface area contributed by atoms with Crippen LogP contribution in [0.3, 0.4) is 0 Å². The molecule has 0 aromatic heterocycles. The van der Waals surface area contributed by atoms with Crippen LogP contribution in [0.2, 0.25) is 0 Å². The maximum Gasteiger partial charge on any atom is 0.0900 e. The lowest BCUT2D eigenvalue weighted by atomic mass is 9.70. The Bertz CT molecular complexity index is 384. The van der Waals surface area contributed by atoms with Gasteiger partial charge in [0.05, 0.1) is 18.8 Å². The molecule has 3 aliphatic rings. The van der Waals surface area contributed by atoms with E-state index in [-0.39, 0.29) is 11.5 Å². The number of nitrogens with zero attached hydrogens (tertiary/aromatic N) is 1. The van der Waals surface area contributed by atoms with Gasteiger partial charge in [-0.3, -0.25) is 0 Å². The van der Waals surface area contributed by atoms with Gasteiger partial charge in [-0.15, -0.1) is 0 Å². The van der Waals surface area contributed by atoms with Gasteiger partial charge in [-0.05, 0) is 67.9 Å². The maximum atomic E-state index is 10.4. The third-order valence-corrected chi connectivity index (χ3v) is 6.94. The highest BCUT2D eigenvalue weighted by atomic mass is 16.5. The molecule has 1 heterocycles. The van der Waals surface area contributed by atoms with Gasteiger partial charge < -0.3 is 14.7 Å². The summed E-state index contributed by atoms with van der Waals surface area (Å²) in [4.78, 5) is 2.40. The van der Waals surface area contributed by atoms with Crippen LogP contribution in [-0.4, -0.2) is 48.5 Å². The second kappa shape index (κ2) is 6.07. The summed E-state index contributed by atoms with van der Waals surface area (Å²) >= 11 is 0. The Morgan fingerprint density at radius 2 is 1.86 bits per heavy atom. The first-order valence-corrected chi connectivity index (χ1v) is 9.33. The van der Waals surface area contributed by atoms with Crippen molar-refractivity contribution in [1.82, 2.24) is 4.90 Å². The van der Waals surface area contributed by atoms with Gasteiger partial charge in [0.15, 0.2) is 0 Å². The van der Waals surface area contributed by atoms with Gasteiger partial charge in [-0.2, -0.15) is 0 Å². The van der Waals surface area contributed by atoms with Gasteiger partial charge in [0.1, 0.15) is 0 Å². The van der Waals surface area contributed by atoms with Gasteiger partial charge in [0.2, 0.25) is 0 Å². The molecule has 2 bridgehead atoms. The third kappa shape index (κ3) is 3.09. The highest BCUT2D eigenvalue weighted by molar-refractivity contribution is 5.09. The molecule has 1 aliphatic heterocycles. The van der Waals surface area contributed by atoms with Crippen LogP contribution in [0.1, 0.15) is 59.8 Å². The molecule has 2 saturated carbocycles. The van der Waals surface area contributed by atoms with Crippen molar-refractivity contribution in [2.75, 3.05) is 26.2 Å². The van der Waals surface area contributed by atoms with E-state index in [1.165, 1.54) is 32.1 Å². The van der Waals surface area contributed by atoms with Crippen LogP contribution >= 0.6 is 0 Å². The van der Waals surface area contributed by atoms with Gasteiger partial charge in [-0.1, -0.05) is 27.7 Å². The number of β-amino-alcohol motifs (C(OH)–C–C–N with tert-alkyl or cyclic N) is 1. The van der Waals surface area contributed by atoms with E-state index in [0.29, 0.717) is 18.1 Å². The topological polar surface area (TPSA) is 32.7 Å². The lowest BCUT2D eigenvalue weighted by Gasteiger charge is -2.42. The van der Waals surface area contributed by atoms with Crippen LogP contribution in [0, 0.1) is 22.7 Å². The number of aliphatic hydroxyl groups is 1. The summed E-state index contributed by atoms with van der Waals surface area (Å²) in [5, 5.41) is 10.4. The Balaban J connectivity index is 1.48. The number of likely N-dealkylation sites (tertiary alicyclic amines) is 1. The summed E-state index contributed by atoms with van der Waals surface area (Å²) in [5.74, 6) is 1.66. The van der Waals surface area contributed by atoms with Crippen molar-refractivity contribution in [3.63, 3.8) is 0 Å². The Labute approximate surface area is 136 Å². The molecule has 3 rings (SSSR count). The number of piperidine rings is 1. The molecule has 0 aromatic rings. The summed E-state index contributed by atoms with van der Waals surface area (Å²) in [5.41, 5.74) is 0.613. The van der Waals surface area contributed by atoms with E-state index in [9.17, 15) is 5.11 Å². The minimum atomic E-state index is -0.341. The standard InChI is InChI=1S/C19H35NO2/c1-14-6-9-20(10-7-14)12-16(21)13-22-17-18(2,3)15-5-8-19(17,4)11-15/h14-17,21H,5-13H2,1-4H3/t15-,16-,17-,19-/m0/s1. The summed E-state index contributed by atoms with van der Waals surface area (Å²) in [6, 6.07) is 0. The maximum absolute atomic E-state index is 10.4. The van der Waals surface area contributed by atoms with Crippen LogP contribution < -0.4 is 0 Å². The fourth-order valence-electron chi connectivity index (χ4n) is 5.48. The molecule has 22 heavy (non-hydrogen) atoms. The lowest BCUT2D eigenvalue weighted by Crippen LogP contribution is -2.45. The van der Waals surface area contributed by atoms with Gasteiger partial charge in [0.25, 0.3) is 0 Å². The quantitative estimate of drug-likeness (QED) is 0.846. The molecule has 4 atom stereocenters. The van der Waals surface area contributed by atoms with E-state index in [2.05, 4.69) is 32.6 Å². The second-order valence-electron chi connectivity index (χ2n) is 9.27. The molecular weight excluding hydrogens is 274 g/mol. The highest BCUT2D eigenvalue weighted by Gasteiger charge is 2.60. The van der Waals surface area contributed by atoms with E-state index in [4.69, 9.17) is 4.74 Å². The molecule has 1 saturated heterocycles. The molecule has 0 unspecified atom stereocenters. The summed E-state index contributed by atoms with van der Waals surface area (Å²) in [6.07, 6.45) is 6.47. The van der Waals surface area contributed by atoms with E-state index in [1.54, 1.807) is 0 Å². The molecule has 3 fully saturated rings. The van der Waals surface area contributed by atoms with E-state index in [1.807, 2.05) is 0 Å². The zero-order valence-electron chi connectivity index (χ0n) is 15.0. The predicted octanol–water partition coefficient (Wildman–Crippen LogP) is 3.31. The molecule has 3 heteroatoms. The minimum absolute atomic E-state index is 0.271. The zero-order chi connectivity index (χ0) is 16.0. The summed E-state index contributed by atoms with van der Waals surface area (Å²) in [6.45, 7) is 13.0. The fraction of sp³-hybridized carbons (Fsp3) is 1.00. The Morgan fingerprint density at radius 1 is 1.18 bits per heavy atom. The highest BCUT2D eigenvalue weighted by Crippen LogP contribution is 2.63. The first kappa shape index (κ1) is 16.7. The molecule has 0 amide bonds. The largest absolute Gasteiger partial charge is 0.389 e. The summed E-state index contributed by atoms with van der Waals surface area (Å²) in [7, 11) is 0. The Hall–Kier alpha value is -0.120. The molecule has 0 aromatic carbocycles. The monoisotopic (exact) mass is 309 g/mol. The lowest BCUT2D eigenvalue weighted by molar-refractivity contribution is -0.114. The Kier molecular flexibility index (Phi) is 4.61. The normalized spacial score (nSPS) is 40.2. The van der Waals surface area contributed by atoms with E-state index < -0.39 is 0 Å². The van der Waals surface area contributed by atoms with E-state index >= 15 is 0 Å². The smallest absolute Gasteiger partial charge is 0.0900 e. The average Bonchev–Trinajstić information content (AvgIpc) is 2.92. The van der Waals surface area contributed by atoms with Gasteiger partial charge >= 0.3 is 0 Å². The van der Waals surface area contributed by atoms with Crippen LogP contribution in [0.5, 0.6) is 0 Å². The van der Waals surface area contributed by atoms with Crippen LogP contribution in [0.4, 0.5) is 0 Å².